The summed E-state index contributed by atoms with van der Waals surface area (Å²) in [4.78, 5) is 11.9. The first-order valence-corrected chi connectivity index (χ1v) is 7.47. The molecule has 0 saturated heterocycles. The first kappa shape index (κ1) is 14.9. The van der Waals surface area contributed by atoms with Crippen LogP contribution < -0.4 is 10.6 Å². The highest BCUT2D eigenvalue weighted by Crippen LogP contribution is 2.18. The van der Waals surface area contributed by atoms with Crippen LogP contribution in [0.25, 0.3) is 0 Å². The van der Waals surface area contributed by atoms with Gasteiger partial charge in [0.25, 0.3) is 0 Å². The number of carbonyl (C=O) groups excluding carboxylic acids is 1. The van der Waals surface area contributed by atoms with Gasteiger partial charge in [-0.05, 0) is 25.3 Å². The number of aliphatic hydroxyl groups excluding tert-OH is 1. The molecule has 4 heteroatoms. The van der Waals surface area contributed by atoms with Gasteiger partial charge in [0, 0.05) is 6.04 Å². The van der Waals surface area contributed by atoms with Gasteiger partial charge in [0.15, 0.2) is 0 Å². The fourth-order valence-electron chi connectivity index (χ4n) is 2.70. The molecule has 0 radical (unpaired) electrons. The Morgan fingerprint density at radius 3 is 2.50 bits per heavy atom. The van der Waals surface area contributed by atoms with Crippen LogP contribution in [-0.2, 0) is 0 Å². The van der Waals surface area contributed by atoms with Crippen molar-refractivity contribution in [2.24, 2.45) is 0 Å². The quantitative estimate of drug-likeness (QED) is 0.792. The molecule has 110 valence electrons. The summed E-state index contributed by atoms with van der Waals surface area (Å²) in [5.41, 5.74) is 0.818. The van der Waals surface area contributed by atoms with E-state index in [0.29, 0.717) is 0 Å². The molecule has 1 aromatic rings. The van der Waals surface area contributed by atoms with E-state index >= 15 is 0 Å². The van der Waals surface area contributed by atoms with Gasteiger partial charge >= 0.3 is 6.03 Å². The second-order valence-corrected chi connectivity index (χ2v) is 5.60. The van der Waals surface area contributed by atoms with Crippen LogP contribution in [0.15, 0.2) is 30.3 Å². The third kappa shape index (κ3) is 4.23. The van der Waals surface area contributed by atoms with E-state index in [9.17, 15) is 9.90 Å². The van der Waals surface area contributed by atoms with Crippen LogP contribution in [0.4, 0.5) is 4.79 Å². The van der Waals surface area contributed by atoms with Crippen molar-refractivity contribution >= 4 is 6.03 Å². The smallest absolute Gasteiger partial charge is 0.315 e. The number of amides is 2. The molecule has 1 aromatic carbocycles. The standard InChI is InChI=1S/C16H24N2O2/c1-12(15(19)13-8-4-2-5-9-13)17-16(20)18-14-10-6-3-7-11-14/h2,4-5,8-9,12,14-15,19H,3,6-7,10-11H2,1H3,(H2,17,18,20)/t12-,15-/m1/s1. The number of hydrogen-bond donors (Lipinski definition) is 3. The minimum Gasteiger partial charge on any atom is -0.386 e. The Hall–Kier alpha value is -1.55. The molecule has 1 saturated carbocycles. The Morgan fingerprint density at radius 2 is 1.85 bits per heavy atom. The van der Waals surface area contributed by atoms with E-state index in [1.165, 1.54) is 19.3 Å². The van der Waals surface area contributed by atoms with Gasteiger partial charge in [-0.25, -0.2) is 4.79 Å². The van der Waals surface area contributed by atoms with E-state index in [2.05, 4.69) is 10.6 Å². The Kier molecular flexibility index (Phi) is 5.41. The summed E-state index contributed by atoms with van der Waals surface area (Å²) < 4.78 is 0. The lowest BCUT2D eigenvalue weighted by Crippen LogP contribution is -2.47. The molecule has 2 atom stereocenters. The molecule has 20 heavy (non-hydrogen) atoms. The van der Waals surface area contributed by atoms with Crippen LogP contribution in [0.3, 0.4) is 0 Å². The van der Waals surface area contributed by atoms with Crippen LogP contribution >= 0.6 is 0 Å². The summed E-state index contributed by atoms with van der Waals surface area (Å²) in [6, 6.07) is 9.18. The zero-order valence-corrected chi connectivity index (χ0v) is 12.0. The second kappa shape index (κ2) is 7.29. The highest BCUT2D eigenvalue weighted by atomic mass is 16.3. The van der Waals surface area contributed by atoms with Crippen molar-refractivity contribution in [3.63, 3.8) is 0 Å². The first-order chi connectivity index (χ1) is 9.66. The third-order valence-electron chi connectivity index (χ3n) is 3.91. The Balaban J connectivity index is 1.81. The van der Waals surface area contributed by atoms with Gasteiger partial charge in [-0.15, -0.1) is 0 Å². The number of carbonyl (C=O) groups is 1. The van der Waals surface area contributed by atoms with Gasteiger partial charge in [0.2, 0.25) is 0 Å². The molecule has 1 fully saturated rings. The Labute approximate surface area is 120 Å². The van der Waals surface area contributed by atoms with Crippen molar-refractivity contribution in [1.82, 2.24) is 10.6 Å². The van der Waals surface area contributed by atoms with E-state index in [1.807, 2.05) is 37.3 Å². The maximum Gasteiger partial charge on any atom is 0.315 e. The SMILES string of the molecule is C[C@@H](NC(=O)NC1CCCCC1)[C@@H](O)c1ccccc1. The van der Waals surface area contributed by atoms with E-state index in [4.69, 9.17) is 0 Å². The van der Waals surface area contributed by atoms with Gasteiger partial charge in [0.05, 0.1) is 12.1 Å². The van der Waals surface area contributed by atoms with Crippen molar-refractivity contribution in [2.45, 2.75) is 57.2 Å². The summed E-state index contributed by atoms with van der Waals surface area (Å²) in [5, 5.41) is 16.0. The van der Waals surface area contributed by atoms with Crippen LogP contribution in [0.1, 0.15) is 50.7 Å². The fraction of sp³-hybridized carbons (Fsp3) is 0.562. The minimum atomic E-state index is -0.687. The van der Waals surface area contributed by atoms with E-state index in [1.54, 1.807) is 0 Å². The van der Waals surface area contributed by atoms with E-state index in [0.717, 1.165) is 18.4 Å². The van der Waals surface area contributed by atoms with E-state index in [-0.39, 0.29) is 18.1 Å². The largest absolute Gasteiger partial charge is 0.386 e. The van der Waals surface area contributed by atoms with Crippen molar-refractivity contribution in [3.05, 3.63) is 35.9 Å². The number of urea groups is 1. The van der Waals surface area contributed by atoms with Crippen molar-refractivity contribution in [2.75, 3.05) is 0 Å². The van der Waals surface area contributed by atoms with Crippen molar-refractivity contribution < 1.29 is 9.90 Å². The molecular formula is C16H24N2O2. The average Bonchev–Trinajstić information content (AvgIpc) is 2.48. The molecular weight excluding hydrogens is 252 g/mol. The predicted octanol–water partition coefficient (Wildman–Crippen LogP) is 2.74. The van der Waals surface area contributed by atoms with Gasteiger partial charge in [0.1, 0.15) is 0 Å². The van der Waals surface area contributed by atoms with Gasteiger partial charge in [-0.1, -0.05) is 49.6 Å². The Morgan fingerprint density at radius 1 is 1.20 bits per heavy atom. The lowest BCUT2D eigenvalue weighted by molar-refractivity contribution is 0.136. The molecule has 0 aliphatic heterocycles. The number of aliphatic hydroxyl groups is 1. The second-order valence-electron chi connectivity index (χ2n) is 5.60. The molecule has 3 N–H and O–H groups in total. The number of benzene rings is 1. The molecule has 1 aliphatic carbocycles. The topological polar surface area (TPSA) is 61.4 Å². The lowest BCUT2D eigenvalue weighted by Gasteiger charge is -2.25. The third-order valence-corrected chi connectivity index (χ3v) is 3.91. The molecule has 0 unspecified atom stereocenters. The summed E-state index contributed by atoms with van der Waals surface area (Å²) in [7, 11) is 0. The molecule has 0 bridgehead atoms. The number of hydrogen-bond acceptors (Lipinski definition) is 2. The molecule has 0 heterocycles. The summed E-state index contributed by atoms with van der Waals surface area (Å²) in [6.07, 6.45) is 5.07. The fourth-order valence-corrected chi connectivity index (χ4v) is 2.70. The van der Waals surface area contributed by atoms with Crippen LogP contribution in [-0.4, -0.2) is 23.2 Å². The highest BCUT2D eigenvalue weighted by molar-refractivity contribution is 5.74. The number of rotatable bonds is 4. The zero-order valence-electron chi connectivity index (χ0n) is 12.0. The van der Waals surface area contributed by atoms with E-state index < -0.39 is 6.10 Å². The molecule has 2 rings (SSSR count). The Bertz CT molecular complexity index is 416. The first-order valence-electron chi connectivity index (χ1n) is 7.47. The van der Waals surface area contributed by atoms with Gasteiger partial charge < -0.3 is 15.7 Å². The summed E-state index contributed by atoms with van der Waals surface area (Å²) >= 11 is 0. The molecule has 0 aromatic heterocycles. The molecule has 0 spiro atoms. The number of nitrogens with one attached hydrogen (secondary N) is 2. The van der Waals surface area contributed by atoms with Crippen LogP contribution in [0.2, 0.25) is 0 Å². The summed E-state index contributed by atoms with van der Waals surface area (Å²) in [5.74, 6) is 0. The molecule has 2 amide bonds. The lowest BCUT2D eigenvalue weighted by atomic mass is 9.96. The monoisotopic (exact) mass is 276 g/mol. The summed E-state index contributed by atoms with van der Waals surface area (Å²) in [6.45, 7) is 1.82. The van der Waals surface area contributed by atoms with Crippen molar-refractivity contribution in [1.29, 1.82) is 0 Å². The predicted molar refractivity (Wildman–Crippen MR) is 79.4 cm³/mol. The maximum absolute atomic E-state index is 11.9. The van der Waals surface area contributed by atoms with Crippen LogP contribution in [0, 0.1) is 0 Å². The van der Waals surface area contributed by atoms with Crippen LogP contribution in [0.5, 0.6) is 0 Å². The highest BCUT2D eigenvalue weighted by Gasteiger charge is 2.20. The van der Waals surface area contributed by atoms with Crippen molar-refractivity contribution in [3.8, 4) is 0 Å². The average molecular weight is 276 g/mol. The minimum absolute atomic E-state index is 0.181. The molecule has 4 nitrogen and oxygen atoms in total. The van der Waals surface area contributed by atoms with Gasteiger partial charge in [-0.2, -0.15) is 0 Å². The maximum atomic E-state index is 11.9. The zero-order chi connectivity index (χ0) is 14.4. The normalized spacial score (nSPS) is 19.1. The molecule has 1 aliphatic rings. The van der Waals surface area contributed by atoms with Gasteiger partial charge in [-0.3, -0.25) is 0 Å².